The van der Waals surface area contributed by atoms with Gasteiger partial charge in [0.25, 0.3) is 0 Å². The van der Waals surface area contributed by atoms with E-state index in [0.29, 0.717) is 11.9 Å². The number of nitroso groups, excluding NO2 is 1. The van der Waals surface area contributed by atoms with Gasteiger partial charge in [0.1, 0.15) is 0 Å². The summed E-state index contributed by atoms with van der Waals surface area (Å²) in [5.41, 5.74) is 1.56. The molecule has 0 atom stereocenters. The van der Waals surface area contributed by atoms with Crippen molar-refractivity contribution in [1.82, 2.24) is 0 Å². The summed E-state index contributed by atoms with van der Waals surface area (Å²) in [6.45, 7) is -0.286. The van der Waals surface area contributed by atoms with Gasteiger partial charge in [0.05, 0.1) is 6.67 Å². The second-order valence-electron chi connectivity index (χ2n) is 3.37. The van der Waals surface area contributed by atoms with Crippen LogP contribution in [0.5, 0.6) is 0 Å². The molecule has 0 amide bonds. The molecule has 0 radical (unpaired) electrons. The van der Waals surface area contributed by atoms with Gasteiger partial charge in [0.2, 0.25) is 0 Å². The molecule has 0 aliphatic heterocycles. The van der Waals surface area contributed by atoms with Gasteiger partial charge >= 0.3 is 7.05 Å². The van der Waals surface area contributed by atoms with Crippen molar-refractivity contribution in [1.29, 1.82) is 0 Å². The summed E-state index contributed by atoms with van der Waals surface area (Å²) in [7, 11) is -1.29. The first-order chi connectivity index (χ1) is 7.27. The molecule has 0 aliphatic rings. The quantitative estimate of drug-likeness (QED) is 0.437. The summed E-state index contributed by atoms with van der Waals surface area (Å²) in [4.78, 5) is 10.1. The van der Waals surface area contributed by atoms with Crippen LogP contribution in [0.1, 0.15) is 18.4 Å². The Labute approximate surface area is 88.4 Å². The van der Waals surface area contributed by atoms with Crippen LogP contribution >= 0.6 is 0 Å². The van der Waals surface area contributed by atoms with E-state index in [1.807, 2.05) is 12.1 Å². The van der Waals surface area contributed by atoms with E-state index >= 15 is 0 Å². The number of alkyl halides is 1. The maximum atomic E-state index is 11.8. The average Bonchev–Trinajstić information content (AvgIpc) is 2.29. The van der Waals surface area contributed by atoms with Gasteiger partial charge in [-0.2, -0.15) is 4.91 Å². The highest BCUT2D eigenvalue weighted by molar-refractivity contribution is 6.64. The zero-order chi connectivity index (χ0) is 11.1. The molecule has 1 aromatic carbocycles. The van der Waals surface area contributed by atoms with E-state index in [-0.39, 0.29) is 6.67 Å². The Morgan fingerprint density at radius 1 is 1.27 bits per heavy atom. The molecule has 0 heterocycles. The molecule has 80 valence electrons. The normalized spacial score (nSPS) is 10.0. The predicted molar refractivity (Wildman–Crippen MR) is 58.8 cm³/mol. The van der Waals surface area contributed by atoms with E-state index in [4.69, 9.17) is 5.02 Å². The van der Waals surface area contributed by atoms with Gasteiger partial charge in [-0.15, -0.1) is 0 Å². The zero-order valence-corrected chi connectivity index (χ0v) is 8.40. The van der Waals surface area contributed by atoms with Gasteiger partial charge in [-0.25, -0.2) is 0 Å². The minimum absolute atomic E-state index is 0.286. The smallest absolute Gasteiger partial charge is 0.425 e. The first kappa shape index (κ1) is 11.8. The van der Waals surface area contributed by atoms with Crippen molar-refractivity contribution in [2.75, 3.05) is 6.67 Å². The van der Waals surface area contributed by atoms with E-state index in [1.54, 1.807) is 12.1 Å². The van der Waals surface area contributed by atoms with Crippen molar-refractivity contribution < 1.29 is 9.41 Å². The van der Waals surface area contributed by atoms with Crippen molar-refractivity contribution in [2.45, 2.75) is 19.3 Å². The van der Waals surface area contributed by atoms with Gasteiger partial charge in [-0.3, -0.25) is 4.39 Å². The fraction of sp³-hybridized carbons (Fsp3) is 0.400. The summed E-state index contributed by atoms with van der Waals surface area (Å²) in [5, 5.41) is 11.6. The molecule has 0 aliphatic carbocycles. The summed E-state index contributed by atoms with van der Waals surface area (Å²) >= 11 is 0. The predicted octanol–water partition coefficient (Wildman–Crippen LogP) is 1.43. The average molecular weight is 209 g/mol. The lowest BCUT2D eigenvalue weighted by atomic mass is 9.75. The molecule has 0 saturated heterocycles. The Kier molecular flexibility index (Phi) is 4.97. The second-order valence-corrected chi connectivity index (χ2v) is 3.37. The van der Waals surface area contributed by atoms with Gasteiger partial charge in [-0.1, -0.05) is 29.4 Å². The Balaban J connectivity index is 2.52. The van der Waals surface area contributed by atoms with E-state index in [9.17, 15) is 9.30 Å². The molecular formula is C10H13BFNO2. The van der Waals surface area contributed by atoms with Crippen LogP contribution < -0.4 is 5.46 Å². The summed E-state index contributed by atoms with van der Waals surface area (Å²) < 4.78 is 11.8. The number of unbranched alkanes of at least 4 members (excludes halogenated alkanes) is 1. The minimum Gasteiger partial charge on any atom is -0.425 e. The number of aryl methyl sites for hydroxylation is 1. The van der Waals surface area contributed by atoms with E-state index in [0.717, 1.165) is 18.4 Å². The molecule has 5 heteroatoms. The molecule has 1 aromatic rings. The highest BCUT2D eigenvalue weighted by Crippen LogP contribution is 2.04. The van der Waals surface area contributed by atoms with Gasteiger partial charge < -0.3 is 5.02 Å². The molecule has 3 nitrogen and oxygen atoms in total. The number of hydrogen-bond acceptors (Lipinski definition) is 3. The third kappa shape index (κ3) is 3.79. The zero-order valence-electron chi connectivity index (χ0n) is 8.40. The number of rotatable bonds is 6. The SMILES string of the molecule is O=NB(O)c1ccc(CCCCF)cc1. The van der Waals surface area contributed by atoms with Crippen molar-refractivity contribution in [3.8, 4) is 0 Å². The number of nitrogens with zero attached hydrogens (tertiary/aromatic N) is 1. The molecule has 0 saturated carbocycles. The highest BCUT2D eigenvalue weighted by atomic mass is 19.1. The standard InChI is InChI=1S/C10H13BFNO2/c12-8-2-1-3-9-4-6-10(7-5-9)11(14)13-15/h4-7,14H,1-3,8H2. The largest absolute Gasteiger partial charge is 0.517 e. The summed E-state index contributed by atoms with van der Waals surface area (Å²) in [6.07, 6.45) is 2.19. The third-order valence-corrected chi connectivity index (χ3v) is 2.23. The van der Waals surface area contributed by atoms with E-state index < -0.39 is 7.05 Å². The molecule has 1 rings (SSSR count). The first-order valence-corrected chi connectivity index (χ1v) is 4.93. The van der Waals surface area contributed by atoms with Crippen molar-refractivity contribution in [2.24, 2.45) is 5.09 Å². The lowest BCUT2D eigenvalue weighted by Gasteiger charge is -2.02. The van der Waals surface area contributed by atoms with Crippen LogP contribution in [0.2, 0.25) is 0 Å². The molecule has 0 fully saturated rings. The van der Waals surface area contributed by atoms with Crippen LogP contribution in [0.15, 0.2) is 29.4 Å². The lowest BCUT2D eigenvalue weighted by molar-refractivity contribution is 0.462. The van der Waals surface area contributed by atoms with E-state index in [2.05, 4.69) is 5.09 Å². The van der Waals surface area contributed by atoms with Crippen LogP contribution in [0.25, 0.3) is 0 Å². The monoisotopic (exact) mass is 209 g/mol. The molecule has 0 unspecified atom stereocenters. The Morgan fingerprint density at radius 3 is 2.47 bits per heavy atom. The van der Waals surface area contributed by atoms with Crippen molar-refractivity contribution in [3.05, 3.63) is 34.7 Å². The highest BCUT2D eigenvalue weighted by Gasteiger charge is 2.14. The molecular weight excluding hydrogens is 196 g/mol. The molecule has 0 bridgehead atoms. The topological polar surface area (TPSA) is 49.7 Å². The maximum absolute atomic E-state index is 11.8. The Bertz CT molecular complexity index is 305. The van der Waals surface area contributed by atoms with Crippen LogP contribution in [0.4, 0.5) is 4.39 Å². The van der Waals surface area contributed by atoms with E-state index in [1.165, 1.54) is 0 Å². The molecule has 0 spiro atoms. The molecule has 0 aromatic heterocycles. The van der Waals surface area contributed by atoms with Gasteiger partial charge in [0, 0.05) is 0 Å². The summed E-state index contributed by atoms with van der Waals surface area (Å²) in [5.74, 6) is 0. The molecule has 1 N–H and O–H groups in total. The van der Waals surface area contributed by atoms with Crippen LogP contribution in [0, 0.1) is 4.91 Å². The van der Waals surface area contributed by atoms with Gasteiger partial charge in [0.15, 0.2) is 0 Å². The fourth-order valence-corrected chi connectivity index (χ4v) is 1.34. The fourth-order valence-electron chi connectivity index (χ4n) is 1.34. The molecule has 15 heavy (non-hydrogen) atoms. The van der Waals surface area contributed by atoms with Crippen molar-refractivity contribution >= 4 is 12.5 Å². The second kappa shape index (κ2) is 6.29. The third-order valence-electron chi connectivity index (χ3n) is 2.23. The van der Waals surface area contributed by atoms with Crippen molar-refractivity contribution in [3.63, 3.8) is 0 Å². The summed E-state index contributed by atoms with van der Waals surface area (Å²) in [6, 6.07) is 6.97. The first-order valence-electron chi connectivity index (χ1n) is 4.93. The van der Waals surface area contributed by atoms with Crippen LogP contribution in [-0.4, -0.2) is 18.7 Å². The maximum Gasteiger partial charge on any atom is 0.517 e. The number of halogens is 1. The number of hydrogen-bond donors (Lipinski definition) is 1. The minimum atomic E-state index is -1.29. The van der Waals surface area contributed by atoms with Gasteiger partial charge in [-0.05, 0) is 30.3 Å². The Hall–Kier alpha value is -1.23. The Morgan fingerprint density at radius 2 is 1.93 bits per heavy atom. The lowest BCUT2D eigenvalue weighted by Crippen LogP contribution is -2.27. The number of benzene rings is 1. The van der Waals surface area contributed by atoms with Crippen LogP contribution in [0.3, 0.4) is 0 Å². The van der Waals surface area contributed by atoms with Crippen LogP contribution in [-0.2, 0) is 6.42 Å².